The molecule has 1 amide bonds. The van der Waals surface area contributed by atoms with Crippen LogP contribution < -0.4 is 15.4 Å². The highest BCUT2D eigenvalue weighted by Gasteiger charge is 2.52. The second-order valence-electron chi connectivity index (χ2n) is 10.6. The first kappa shape index (κ1) is 39.3. The molecule has 50 heavy (non-hydrogen) atoms. The maximum atomic E-state index is 13.3. The molecule has 20 heteroatoms. The van der Waals surface area contributed by atoms with Crippen LogP contribution in [0.3, 0.4) is 0 Å². The van der Waals surface area contributed by atoms with Crippen molar-refractivity contribution in [1.82, 2.24) is 10.5 Å². The summed E-state index contributed by atoms with van der Waals surface area (Å²) in [7, 11) is -2.69. The van der Waals surface area contributed by atoms with Crippen molar-refractivity contribution in [2.75, 3.05) is 23.7 Å². The lowest BCUT2D eigenvalue weighted by Gasteiger charge is -2.44. The number of anilines is 2. The van der Waals surface area contributed by atoms with Crippen molar-refractivity contribution in [3.63, 3.8) is 0 Å². The van der Waals surface area contributed by atoms with Crippen LogP contribution >= 0.6 is 11.8 Å². The zero-order valence-electron chi connectivity index (χ0n) is 27.9. The molecule has 2 heterocycles. The van der Waals surface area contributed by atoms with Gasteiger partial charge in [0, 0.05) is 46.0 Å². The van der Waals surface area contributed by atoms with Crippen LogP contribution in [0.1, 0.15) is 39.0 Å². The van der Waals surface area contributed by atoms with Crippen LogP contribution in [-0.2, 0) is 57.7 Å². The summed E-state index contributed by atoms with van der Waals surface area (Å²) in [5.41, 5.74) is -0.658. The number of hydrogen-bond donors (Lipinski definition) is 3. The summed E-state index contributed by atoms with van der Waals surface area (Å²) in [6.07, 6.45) is -5.58. The number of nitrogens with one attached hydrogen (secondary N) is 3. The third kappa shape index (κ3) is 10.2. The Morgan fingerprint density at radius 3 is 2.00 bits per heavy atom. The van der Waals surface area contributed by atoms with Crippen molar-refractivity contribution in [2.24, 2.45) is 0 Å². The van der Waals surface area contributed by atoms with Crippen LogP contribution in [0, 0.1) is 25.2 Å². The molecule has 0 radical (unpaired) electrons. The molecule has 0 bridgehead atoms. The predicted molar refractivity (Wildman–Crippen MR) is 173 cm³/mol. The number of aromatic nitrogens is 1. The molecule has 0 spiro atoms. The number of esters is 4. The maximum Gasteiger partial charge on any atom is 0.303 e. The number of carbonyl (C=O) groups is 5. The molecule has 1 saturated heterocycles. The number of rotatable bonds is 13. The molecule has 2 aromatic rings. The lowest BCUT2D eigenvalue weighted by atomic mass is 9.99. The fourth-order valence-electron chi connectivity index (χ4n) is 4.45. The number of nitriles is 1. The Kier molecular flexibility index (Phi) is 13.4. The van der Waals surface area contributed by atoms with E-state index in [4.69, 9.17) is 28.2 Å². The monoisotopic (exact) mass is 737 g/mol. The quantitative estimate of drug-likeness (QED) is 0.115. The molecule has 3 rings (SSSR count). The van der Waals surface area contributed by atoms with E-state index in [9.17, 15) is 37.7 Å². The fourth-order valence-corrected chi connectivity index (χ4v) is 6.65. The van der Waals surface area contributed by atoms with E-state index in [2.05, 4.69) is 20.5 Å². The van der Waals surface area contributed by atoms with Gasteiger partial charge >= 0.3 is 23.9 Å². The van der Waals surface area contributed by atoms with Gasteiger partial charge in [0.1, 0.15) is 24.4 Å². The van der Waals surface area contributed by atoms with Gasteiger partial charge in [-0.05, 0) is 38.1 Å². The van der Waals surface area contributed by atoms with Gasteiger partial charge in [0.15, 0.2) is 23.7 Å². The summed E-state index contributed by atoms with van der Waals surface area (Å²) in [5.74, 6) is -4.14. The van der Waals surface area contributed by atoms with Crippen molar-refractivity contribution in [1.29, 1.82) is 5.26 Å². The Morgan fingerprint density at radius 2 is 1.50 bits per heavy atom. The number of amides is 1. The van der Waals surface area contributed by atoms with Gasteiger partial charge in [-0.25, -0.2) is 13.1 Å². The van der Waals surface area contributed by atoms with Crippen molar-refractivity contribution < 1.29 is 60.6 Å². The topological polar surface area (TPSA) is 252 Å². The number of benzene rings is 1. The summed E-state index contributed by atoms with van der Waals surface area (Å²) in [4.78, 5) is 61.1. The number of hydrogen-bond acceptors (Lipinski definition) is 17. The minimum absolute atomic E-state index is 0.0440. The summed E-state index contributed by atoms with van der Waals surface area (Å²) in [6, 6.07) is 6.83. The van der Waals surface area contributed by atoms with Crippen LogP contribution in [0.25, 0.3) is 0 Å². The molecule has 270 valence electrons. The first-order chi connectivity index (χ1) is 23.5. The molecule has 0 aliphatic carbocycles. The van der Waals surface area contributed by atoms with Crippen molar-refractivity contribution in [3.8, 4) is 6.07 Å². The minimum Gasteiger partial charge on any atom is -0.463 e. The van der Waals surface area contributed by atoms with Gasteiger partial charge in [0.25, 0.3) is 15.9 Å². The van der Waals surface area contributed by atoms with E-state index < -0.39 is 81.8 Å². The molecule has 18 nitrogen and oxygen atoms in total. The number of aryl methyl sites for hydroxylation is 1. The molecular formula is C30H35N5O13S2. The predicted octanol–water partition coefficient (Wildman–Crippen LogP) is 1.80. The standard InChI is InChI=1S/C30H35N5O13S2/c1-14-15(2)34-48-28(14)35-50(41,42)21-10-8-20(9-11-21)33-27(40)22(12-31)29(32-7)49-30-26(46-19(6)39)25(45-18(5)38)24(44-17(4)37)23(47-30)13-43-16(3)36/h8-11,23-26,30,32,35H,13H2,1-7H3,(H,33,40)/b29-22+/t23-,24+,25+,26-,30+/m1/s1. The zero-order valence-corrected chi connectivity index (χ0v) is 29.6. The third-order valence-corrected chi connectivity index (χ3v) is 9.38. The number of carbonyl (C=O) groups excluding carboxylic acids is 5. The first-order valence-electron chi connectivity index (χ1n) is 14.6. The van der Waals surface area contributed by atoms with Gasteiger partial charge < -0.3 is 38.8 Å². The SMILES string of the molecule is CN/C(S[C@@H]1O[C@H](COC(C)=O)[C@H](OC(C)=O)[C@H](OC(C)=O)[C@H]1OC(C)=O)=C(/C#N)C(=O)Nc1ccc(S(=O)(=O)Nc2onc(C)c2C)cc1. The highest BCUT2D eigenvalue weighted by Crippen LogP contribution is 2.37. The Morgan fingerprint density at radius 1 is 0.920 bits per heavy atom. The fraction of sp³-hybridized carbons (Fsp3) is 0.433. The van der Waals surface area contributed by atoms with Crippen LogP contribution in [0.2, 0.25) is 0 Å². The second kappa shape index (κ2) is 17.0. The van der Waals surface area contributed by atoms with Crippen LogP contribution in [0.4, 0.5) is 11.6 Å². The minimum atomic E-state index is -4.08. The summed E-state index contributed by atoms with van der Waals surface area (Å²) < 4.78 is 60.4. The lowest BCUT2D eigenvalue weighted by molar-refractivity contribution is -0.237. The van der Waals surface area contributed by atoms with E-state index in [1.54, 1.807) is 19.9 Å². The maximum absolute atomic E-state index is 13.3. The molecule has 0 saturated carbocycles. The van der Waals surface area contributed by atoms with Crippen molar-refractivity contribution >= 4 is 63.1 Å². The van der Waals surface area contributed by atoms with E-state index in [1.165, 1.54) is 31.3 Å². The highest BCUT2D eigenvalue weighted by molar-refractivity contribution is 8.03. The zero-order chi connectivity index (χ0) is 37.3. The summed E-state index contributed by atoms with van der Waals surface area (Å²) in [5, 5.41) is 18.9. The van der Waals surface area contributed by atoms with E-state index >= 15 is 0 Å². The van der Waals surface area contributed by atoms with Gasteiger partial charge in [0.2, 0.25) is 5.88 Å². The number of nitrogens with zero attached hydrogens (tertiary/aromatic N) is 2. The third-order valence-electron chi connectivity index (χ3n) is 6.78. The van der Waals surface area contributed by atoms with Crippen LogP contribution in [0.5, 0.6) is 0 Å². The van der Waals surface area contributed by atoms with Crippen LogP contribution in [0.15, 0.2) is 44.3 Å². The van der Waals surface area contributed by atoms with E-state index in [-0.39, 0.29) is 21.5 Å². The smallest absolute Gasteiger partial charge is 0.303 e. The molecule has 1 aliphatic rings. The first-order valence-corrected chi connectivity index (χ1v) is 17.0. The summed E-state index contributed by atoms with van der Waals surface area (Å²) in [6.45, 7) is 7.17. The second-order valence-corrected chi connectivity index (χ2v) is 13.3. The highest BCUT2D eigenvalue weighted by atomic mass is 32.2. The van der Waals surface area contributed by atoms with Gasteiger partial charge in [0.05, 0.1) is 15.6 Å². The Balaban J connectivity index is 1.92. The number of sulfonamides is 1. The number of ether oxygens (including phenoxy) is 5. The molecule has 0 unspecified atom stereocenters. The molecule has 5 atom stereocenters. The Bertz CT molecular complexity index is 1800. The molecule has 1 aromatic carbocycles. The van der Waals surface area contributed by atoms with Gasteiger partial charge in [-0.1, -0.05) is 16.9 Å². The average Bonchev–Trinajstić information content (AvgIpc) is 3.33. The average molecular weight is 738 g/mol. The largest absolute Gasteiger partial charge is 0.463 e. The van der Waals surface area contributed by atoms with Gasteiger partial charge in [-0.15, -0.1) is 0 Å². The molecule has 1 aliphatic heterocycles. The van der Waals surface area contributed by atoms with Crippen molar-refractivity contribution in [2.45, 2.75) is 76.3 Å². The van der Waals surface area contributed by atoms with Gasteiger partial charge in [-0.3, -0.25) is 24.0 Å². The van der Waals surface area contributed by atoms with Gasteiger partial charge in [-0.2, -0.15) is 5.26 Å². The molecule has 1 fully saturated rings. The van der Waals surface area contributed by atoms with E-state index in [0.717, 1.165) is 27.7 Å². The molecule has 1 aromatic heterocycles. The Hall–Kier alpha value is -5.13. The normalized spacial score (nSPS) is 20.6. The van der Waals surface area contributed by atoms with Crippen LogP contribution in [-0.4, -0.2) is 86.9 Å². The number of thioether (sulfide) groups is 1. The van der Waals surface area contributed by atoms with E-state index in [0.29, 0.717) is 23.0 Å². The summed E-state index contributed by atoms with van der Waals surface area (Å²) >= 11 is 0.699. The van der Waals surface area contributed by atoms with Crippen molar-refractivity contribution in [3.05, 3.63) is 46.1 Å². The lowest BCUT2D eigenvalue weighted by Crippen LogP contribution is -2.61. The van der Waals surface area contributed by atoms with E-state index in [1.807, 2.05) is 0 Å². The molecule has 3 N–H and O–H groups in total. The Labute approximate surface area is 291 Å². The molecular weight excluding hydrogens is 702 g/mol.